The average molecular weight is 498 g/mol. The predicted octanol–water partition coefficient (Wildman–Crippen LogP) is 6.33. The summed E-state index contributed by atoms with van der Waals surface area (Å²) in [5, 5.41) is -0.283. The molecule has 1 unspecified atom stereocenters. The smallest absolute Gasteiger partial charge is 0.256 e. The van der Waals surface area contributed by atoms with E-state index < -0.39 is 18.2 Å². The van der Waals surface area contributed by atoms with Crippen LogP contribution in [0.15, 0.2) is 60.7 Å². The predicted molar refractivity (Wildman–Crippen MR) is 123 cm³/mol. The van der Waals surface area contributed by atoms with Crippen LogP contribution in [0.3, 0.4) is 0 Å². The molecular formula is C22H16Cl3O5P. The Kier molecular flexibility index (Phi) is 7.13. The summed E-state index contributed by atoms with van der Waals surface area (Å²) in [4.78, 5) is 27.4. The van der Waals surface area contributed by atoms with Gasteiger partial charge in [0.25, 0.3) is 7.14 Å². The monoisotopic (exact) mass is 496 g/mol. The van der Waals surface area contributed by atoms with Crippen LogP contribution in [0, 0.1) is 0 Å². The number of rotatable bonds is 7. The Balaban J connectivity index is 2.43. The van der Waals surface area contributed by atoms with Gasteiger partial charge in [-0.25, -0.2) is 0 Å². The van der Waals surface area contributed by atoms with E-state index in [0.717, 1.165) is 0 Å². The van der Waals surface area contributed by atoms with Gasteiger partial charge in [0, 0.05) is 5.56 Å². The van der Waals surface area contributed by atoms with E-state index in [2.05, 4.69) is 0 Å². The second kappa shape index (κ2) is 9.46. The third kappa shape index (κ3) is 4.11. The van der Waals surface area contributed by atoms with Crippen molar-refractivity contribution in [3.05, 3.63) is 86.9 Å². The van der Waals surface area contributed by atoms with Crippen molar-refractivity contribution in [3.63, 3.8) is 0 Å². The molecule has 31 heavy (non-hydrogen) atoms. The second-order valence-electron chi connectivity index (χ2n) is 6.31. The van der Waals surface area contributed by atoms with Crippen LogP contribution in [-0.2, 0) is 4.57 Å². The molecule has 3 aromatic rings. The van der Waals surface area contributed by atoms with E-state index in [1.54, 1.807) is 18.2 Å². The molecule has 3 aromatic carbocycles. The lowest BCUT2D eigenvalue weighted by atomic mass is 10.2. The average Bonchev–Trinajstić information content (AvgIpc) is 2.78. The third-order valence-electron chi connectivity index (χ3n) is 4.55. The van der Waals surface area contributed by atoms with Gasteiger partial charge < -0.3 is 14.0 Å². The first-order valence-corrected chi connectivity index (χ1v) is 11.7. The molecule has 0 saturated carbocycles. The number of methoxy groups -OCH3 is 2. The van der Waals surface area contributed by atoms with Crippen LogP contribution >= 0.6 is 41.9 Å². The maximum Gasteiger partial charge on any atom is 0.256 e. The molecule has 0 saturated heterocycles. The van der Waals surface area contributed by atoms with Gasteiger partial charge in [-0.2, -0.15) is 0 Å². The summed E-state index contributed by atoms with van der Waals surface area (Å²) in [5.74, 6) is -0.101. The van der Waals surface area contributed by atoms with Crippen LogP contribution in [0.2, 0.25) is 15.1 Å². The number of halogens is 3. The quantitative estimate of drug-likeness (QED) is 0.357. The first kappa shape index (κ1) is 23.4. The fourth-order valence-corrected chi connectivity index (χ4v) is 6.74. The number of ether oxygens (including phenoxy) is 2. The molecule has 3 rings (SSSR count). The number of hydrogen-bond donors (Lipinski definition) is 0. The van der Waals surface area contributed by atoms with Crippen molar-refractivity contribution in [2.24, 2.45) is 0 Å². The van der Waals surface area contributed by atoms with Gasteiger partial charge in [0.15, 0.2) is 5.75 Å². The zero-order valence-corrected chi connectivity index (χ0v) is 19.6. The van der Waals surface area contributed by atoms with E-state index in [-0.39, 0.29) is 43.0 Å². The zero-order valence-electron chi connectivity index (χ0n) is 16.4. The summed E-state index contributed by atoms with van der Waals surface area (Å²) in [6.45, 7) is 0. The van der Waals surface area contributed by atoms with Crippen molar-refractivity contribution < 1.29 is 23.6 Å². The Morgan fingerprint density at radius 3 is 1.90 bits per heavy atom. The summed E-state index contributed by atoms with van der Waals surface area (Å²) in [7, 11) is -2.07. The Morgan fingerprint density at radius 2 is 1.35 bits per heavy atom. The molecule has 0 aliphatic rings. The number of carbonyl (C=O) groups is 2. The Bertz CT molecular complexity index is 1190. The minimum absolute atomic E-state index is 0.00499. The summed E-state index contributed by atoms with van der Waals surface area (Å²) < 4.78 is 25.3. The number of benzene rings is 3. The molecule has 0 spiro atoms. The first-order chi connectivity index (χ1) is 14.8. The molecule has 160 valence electrons. The van der Waals surface area contributed by atoms with E-state index >= 15 is 0 Å². The van der Waals surface area contributed by atoms with Gasteiger partial charge in [-0.3, -0.25) is 9.59 Å². The summed E-state index contributed by atoms with van der Waals surface area (Å²) >= 11 is 18.7. The van der Waals surface area contributed by atoms with Gasteiger partial charge >= 0.3 is 0 Å². The lowest BCUT2D eigenvalue weighted by molar-refractivity contribution is 0.104. The zero-order chi connectivity index (χ0) is 22.8. The molecule has 0 radical (unpaired) electrons. The molecule has 0 bridgehead atoms. The summed E-state index contributed by atoms with van der Waals surface area (Å²) in [6.07, 6.45) is 0. The van der Waals surface area contributed by atoms with Crippen LogP contribution in [0.4, 0.5) is 0 Å². The van der Waals surface area contributed by atoms with Gasteiger partial charge in [0.05, 0.1) is 34.9 Å². The van der Waals surface area contributed by atoms with Crippen molar-refractivity contribution in [2.45, 2.75) is 0 Å². The highest BCUT2D eigenvalue weighted by molar-refractivity contribution is 8.01. The van der Waals surface area contributed by atoms with Gasteiger partial charge in [-0.05, 0) is 24.3 Å². The Morgan fingerprint density at radius 1 is 0.742 bits per heavy atom. The van der Waals surface area contributed by atoms with Gasteiger partial charge in [0.1, 0.15) is 11.1 Å². The SMILES string of the molecule is COc1ccc(Cl)c(OC)c1P(=O)(C(=O)c1ccccc1)C(=O)c1c(Cl)cccc1Cl. The topological polar surface area (TPSA) is 69.7 Å². The van der Waals surface area contributed by atoms with E-state index in [0.29, 0.717) is 0 Å². The van der Waals surface area contributed by atoms with E-state index in [9.17, 15) is 14.2 Å². The van der Waals surface area contributed by atoms with Crippen molar-refractivity contribution >= 4 is 58.3 Å². The molecule has 0 fully saturated rings. The van der Waals surface area contributed by atoms with Crippen LogP contribution in [-0.4, -0.2) is 25.3 Å². The van der Waals surface area contributed by atoms with Crippen molar-refractivity contribution in [2.75, 3.05) is 14.2 Å². The largest absolute Gasteiger partial charge is 0.496 e. The molecular weight excluding hydrogens is 482 g/mol. The highest BCUT2D eigenvalue weighted by Crippen LogP contribution is 2.57. The minimum Gasteiger partial charge on any atom is -0.496 e. The Hall–Kier alpha value is -2.30. The highest BCUT2D eigenvalue weighted by atomic mass is 35.5. The fourth-order valence-electron chi connectivity index (χ4n) is 3.10. The normalized spacial score (nSPS) is 12.7. The van der Waals surface area contributed by atoms with Gasteiger partial charge in [-0.1, -0.05) is 71.2 Å². The Labute approximate surface area is 194 Å². The molecule has 0 heterocycles. The maximum absolute atomic E-state index is 14.6. The third-order valence-corrected chi connectivity index (χ3v) is 8.16. The molecule has 9 heteroatoms. The molecule has 0 amide bonds. The lowest BCUT2D eigenvalue weighted by Gasteiger charge is -2.22. The fraction of sp³-hybridized carbons (Fsp3) is 0.0909. The number of carbonyl (C=O) groups excluding carboxylic acids is 2. The molecule has 5 nitrogen and oxygen atoms in total. The molecule has 1 atom stereocenters. The highest BCUT2D eigenvalue weighted by Gasteiger charge is 2.48. The van der Waals surface area contributed by atoms with Crippen LogP contribution < -0.4 is 14.8 Å². The summed E-state index contributed by atoms with van der Waals surface area (Å²) in [6, 6.07) is 15.0. The molecule has 0 aliphatic carbocycles. The first-order valence-electron chi connectivity index (χ1n) is 8.87. The van der Waals surface area contributed by atoms with E-state index in [1.165, 1.54) is 56.7 Å². The molecule has 0 aromatic heterocycles. The van der Waals surface area contributed by atoms with Crippen LogP contribution in [0.1, 0.15) is 20.7 Å². The summed E-state index contributed by atoms with van der Waals surface area (Å²) in [5.41, 5.74) is -2.14. The van der Waals surface area contributed by atoms with E-state index in [1.807, 2.05) is 0 Å². The van der Waals surface area contributed by atoms with Gasteiger partial charge in [-0.15, -0.1) is 0 Å². The van der Waals surface area contributed by atoms with Gasteiger partial charge in [0.2, 0.25) is 11.0 Å². The maximum atomic E-state index is 14.6. The molecule has 0 N–H and O–H groups in total. The van der Waals surface area contributed by atoms with Crippen LogP contribution in [0.5, 0.6) is 11.5 Å². The lowest BCUT2D eigenvalue weighted by Crippen LogP contribution is -2.24. The van der Waals surface area contributed by atoms with Crippen LogP contribution in [0.25, 0.3) is 0 Å². The van der Waals surface area contributed by atoms with E-state index in [4.69, 9.17) is 44.3 Å². The van der Waals surface area contributed by atoms with Crippen molar-refractivity contribution in [1.29, 1.82) is 0 Å². The van der Waals surface area contributed by atoms with Crippen molar-refractivity contribution in [1.82, 2.24) is 0 Å². The second-order valence-corrected chi connectivity index (χ2v) is 10.0. The number of hydrogen-bond acceptors (Lipinski definition) is 5. The van der Waals surface area contributed by atoms with Crippen molar-refractivity contribution in [3.8, 4) is 11.5 Å². The molecule has 0 aliphatic heterocycles. The minimum atomic E-state index is -4.67. The standard InChI is InChI=1S/C22H16Cl3O5P/c1-29-17-12-11-16(25)19(30-2)20(17)31(28,21(26)13-7-4-3-5-8-13)22(27)18-14(23)9-6-10-15(18)24/h3-12H,1-2H3.